The van der Waals surface area contributed by atoms with Crippen molar-refractivity contribution in [1.29, 1.82) is 0 Å². The molecule has 7 nitrogen and oxygen atoms in total. The zero-order valence-corrected chi connectivity index (χ0v) is 10.9. The van der Waals surface area contributed by atoms with Crippen LogP contribution in [0.2, 0.25) is 0 Å². The average molecular weight is 287 g/mol. The molecule has 0 aliphatic heterocycles. The number of carboxylic acid groups (broad SMARTS) is 1. The molecule has 0 atom stereocenters. The van der Waals surface area contributed by atoms with Crippen LogP contribution in [0.15, 0.2) is 24.3 Å². The smallest absolute Gasteiger partial charge is 0.323 e. The van der Waals surface area contributed by atoms with Gasteiger partial charge in [-0.05, 0) is 24.3 Å². The molecule has 0 spiro atoms. The van der Waals surface area contributed by atoms with Gasteiger partial charge in [0.25, 0.3) is 0 Å². The number of amides is 1. The largest absolute Gasteiger partial charge is 0.508 e. The molecular formula is C11H13NO6S. The van der Waals surface area contributed by atoms with Crippen LogP contribution < -0.4 is 4.90 Å². The van der Waals surface area contributed by atoms with Crippen molar-refractivity contribution in [2.45, 2.75) is 0 Å². The highest BCUT2D eigenvalue weighted by Crippen LogP contribution is 2.18. The van der Waals surface area contributed by atoms with Crippen molar-refractivity contribution >= 4 is 27.4 Å². The van der Waals surface area contributed by atoms with E-state index in [2.05, 4.69) is 0 Å². The molecule has 0 saturated heterocycles. The third-order valence-electron chi connectivity index (χ3n) is 2.14. The second kappa shape index (κ2) is 5.70. The van der Waals surface area contributed by atoms with E-state index < -0.39 is 34.0 Å². The lowest BCUT2D eigenvalue weighted by molar-refractivity contribution is -0.136. The van der Waals surface area contributed by atoms with Gasteiger partial charge >= 0.3 is 5.97 Å². The van der Waals surface area contributed by atoms with E-state index in [1.165, 1.54) is 24.3 Å². The van der Waals surface area contributed by atoms with Gasteiger partial charge in [0.1, 0.15) is 18.0 Å². The highest BCUT2D eigenvalue weighted by atomic mass is 32.2. The van der Waals surface area contributed by atoms with Crippen LogP contribution in [0.3, 0.4) is 0 Å². The number of anilines is 1. The molecule has 1 aromatic carbocycles. The molecule has 0 radical (unpaired) electrons. The summed E-state index contributed by atoms with van der Waals surface area (Å²) in [6.07, 6.45) is 0.890. The van der Waals surface area contributed by atoms with E-state index in [9.17, 15) is 18.0 Å². The third kappa shape index (κ3) is 4.96. The number of sulfone groups is 1. The van der Waals surface area contributed by atoms with Gasteiger partial charge in [0.15, 0.2) is 9.84 Å². The molecule has 0 aliphatic carbocycles. The Hall–Kier alpha value is -2.09. The lowest BCUT2D eigenvalue weighted by Gasteiger charge is -2.20. The summed E-state index contributed by atoms with van der Waals surface area (Å²) < 4.78 is 22.2. The summed E-state index contributed by atoms with van der Waals surface area (Å²) in [7, 11) is -3.55. The van der Waals surface area contributed by atoms with Gasteiger partial charge in [-0.15, -0.1) is 0 Å². The fourth-order valence-corrected chi connectivity index (χ4v) is 2.00. The van der Waals surface area contributed by atoms with Crippen LogP contribution in [0.4, 0.5) is 5.69 Å². The molecule has 0 unspecified atom stereocenters. The topological polar surface area (TPSA) is 112 Å². The summed E-state index contributed by atoms with van der Waals surface area (Å²) in [5, 5.41) is 17.9. The molecule has 0 bridgehead atoms. The number of hydrogen-bond donors (Lipinski definition) is 2. The first-order valence-electron chi connectivity index (χ1n) is 5.18. The molecule has 2 N–H and O–H groups in total. The first kappa shape index (κ1) is 15.0. The third-order valence-corrected chi connectivity index (χ3v) is 2.91. The number of benzene rings is 1. The van der Waals surface area contributed by atoms with Gasteiger partial charge in [0, 0.05) is 11.9 Å². The van der Waals surface area contributed by atoms with E-state index in [4.69, 9.17) is 10.2 Å². The van der Waals surface area contributed by atoms with Gasteiger partial charge in [-0.3, -0.25) is 9.59 Å². The molecular weight excluding hydrogens is 274 g/mol. The molecule has 8 heteroatoms. The number of carboxylic acids is 1. The molecule has 19 heavy (non-hydrogen) atoms. The fraction of sp³-hybridized carbons (Fsp3) is 0.273. The van der Waals surface area contributed by atoms with Crippen LogP contribution in [0.5, 0.6) is 5.75 Å². The number of hydrogen-bond acceptors (Lipinski definition) is 5. The van der Waals surface area contributed by atoms with Gasteiger partial charge in [0.2, 0.25) is 5.91 Å². The predicted octanol–water partition coefficient (Wildman–Crippen LogP) is -0.146. The Balaban J connectivity index is 3.04. The van der Waals surface area contributed by atoms with Crippen molar-refractivity contribution in [1.82, 2.24) is 0 Å². The molecule has 1 rings (SSSR count). The monoisotopic (exact) mass is 287 g/mol. The number of phenols is 1. The van der Waals surface area contributed by atoms with E-state index in [-0.39, 0.29) is 11.4 Å². The maximum atomic E-state index is 11.8. The van der Waals surface area contributed by atoms with E-state index in [1.807, 2.05) is 0 Å². The first-order chi connectivity index (χ1) is 8.69. The predicted molar refractivity (Wildman–Crippen MR) is 67.8 cm³/mol. The van der Waals surface area contributed by atoms with Crippen LogP contribution >= 0.6 is 0 Å². The molecule has 1 amide bonds. The Morgan fingerprint density at radius 2 is 1.74 bits per heavy atom. The highest BCUT2D eigenvalue weighted by Gasteiger charge is 2.22. The van der Waals surface area contributed by atoms with Crippen LogP contribution in [0, 0.1) is 0 Å². The Kier molecular flexibility index (Phi) is 4.49. The van der Waals surface area contributed by atoms with Crippen molar-refractivity contribution in [2.75, 3.05) is 23.5 Å². The molecule has 1 aromatic rings. The minimum absolute atomic E-state index is 0.0467. The lowest BCUT2D eigenvalue weighted by Crippen LogP contribution is -2.39. The van der Waals surface area contributed by atoms with E-state index >= 15 is 0 Å². The van der Waals surface area contributed by atoms with E-state index in [1.54, 1.807) is 0 Å². The zero-order valence-electron chi connectivity index (χ0n) is 10.1. The molecule has 0 heterocycles. The van der Waals surface area contributed by atoms with E-state index in [0.717, 1.165) is 11.2 Å². The highest BCUT2D eigenvalue weighted by molar-refractivity contribution is 7.91. The van der Waals surface area contributed by atoms with Crippen LogP contribution in [0.25, 0.3) is 0 Å². The normalized spacial score (nSPS) is 11.0. The quantitative estimate of drug-likeness (QED) is 0.779. The second-order valence-electron chi connectivity index (χ2n) is 3.96. The van der Waals surface area contributed by atoms with Gasteiger partial charge in [0.05, 0.1) is 0 Å². The van der Waals surface area contributed by atoms with Gasteiger partial charge < -0.3 is 15.1 Å². The number of carbonyl (C=O) groups excluding carboxylic acids is 1. The van der Waals surface area contributed by atoms with Crippen molar-refractivity contribution in [3.8, 4) is 5.75 Å². The molecule has 0 fully saturated rings. The van der Waals surface area contributed by atoms with E-state index in [0.29, 0.717) is 0 Å². The summed E-state index contributed by atoms with van der Waals surface area (Å²) >= 11 is 0. The summed E-state index contributed by atoms with van der Waals surface area (Å²) in [6.45, 7) is -0.654. The first-order valence-corrected chi connectivity index (χ1v) is 7.24. The summed E-state index contributed by atoms with van der Waals surface area (Å²) in [5.41, 5.74) is 0.203. The number of carbonyl (C=O) groups is 2. The minimum Gasteiger partial charge on any atom is -0.508 e. The van der Waals surface area contributed by atoms with Gasteiger partial charge in [-0.25, -0.2) is 8.42 Å². The Morgan fingerprint density at radius 3 is 2.16 bits per heavy atom. The Morgan fingerprint density at radius 1 is 1.21 bits per heavy atom. The van der Waals surface area contributed by atoms with Crippen molar-refractivity contribution < 1.29 is 28.2 Å². The van der Waals surface area contributed by atoms with Gasteiger partial charge in [-0.1, -0.05) is 0 Å². The maximum Gasteiger partial charge on any atom is 0.323 e. The Bertz CT molecular complexity index is 578. The fourth-order valence-electron chi connectivity index (χ4n) is 1.39. The summed E-state index contributed by atoms with van der Waals surface area (Å²) in [6, 6.07) is 5.22. The molecule has 0 saturated carbocycles. The maximum absolute atomic E-state index is 11.8. The number of nitrogens with zero attached hydrogens (tertiary/aromatic N) is 1. The van der Waals surface area contributed by atoms with Crippen LogP contribution in [0.1, 0.15) is 0 Å². The molecule has 0 aromatic heterocycles. The van der Waals surface area contributed by atoms with Crippen LogP contribution in [-0.4, -0.2) is 49.1 Å². The van der Waals surface area contributed by atoms with Crippen molar-refractivity contribution in [3.63, 3.8) is 0 Å². The van der Waals surface area contributed by atoms with Crippen LogP contribution in [-0.2, 0) is 19.4 Å². The zero-order chi connectivity index (χ0) is 14.6. The average Bonchev–Trinajstić information content (AvgIpc) is 2.24. The lowest BCUT2D eigenvalue weighted by atomic mass is 10.2. The standard InChI is InChI=1S/C11H13NO6S/c1-19(17,18)7-10(14)12(6-11(15)16)8-2-4-9(13)5-3-8/h2-5,13H,6-7H2,1H3,(H,15,16). The second-order valence-corrected chi connectivity index (χ2v) is 6.10. The minimum atomic E-state index is -3.55. The number of aliphatic carboxylic acids is 1. The van der Waals surface area contributed by atoms with Crippen molar-refractivity contribution in [2.24, 2.45) is 0 Å². The Labute approximate surface area is 110 Å². The summed E-state index contributed by atoms with van der Waals surface area (Å²) in [4.78, 5) is 23.4. The number of phenolic OH excluding ortho intramolecular Hbond substituents is 1. The number of aromatic hydroxyl groups is 1. The van der Waals surface area contributed by atoms with Gasteiger partial charge in [-0.2, -0.15) is 0 Å². The summed E-state index contributed by atoms with van der Waals surface area (Å²) in [5.74, 6) is -2.93. The SMILES string of the molecule is CS(=O)(=O)CC(=O)N(CC(=O)O)c1ccc(O)cc1. The molecule has 104 valence electrons. The molecule has 0 aliphatic rings. The number of rotatable bonds is 5. The van der Waals surface area contributed by atoms with Crippen molar-refractivity contribution in [3.05, 3.63) is 24.3 Å².